The molecule has 0 bridgehead atoms. The van der Waals surface area contributed by atoms with Gasteiger partial charge in [-0.2, -0.15) is 17.0 Å². The molecule has 0 radical (unpaired) electrons. The molecule has 1 atom stereocenters. The fraction of sp³-hybridized carbons (Fsp3) is 0.929. The van der Waals surface area contributed by atoms with Crippen LogP contribution in [0.3, 0.4) is 0 Å². The summed E-state index contributed by atoms with van der Waals surface area (Å²) in [6, 6.07) is -0.330. The van der Waals surface area contributed by atoms with Crippen LogP contribution in [0.2, 0.25) is 0 Å². The predicted molar refractivity (Wildman–Crippen MR) is 87.2 cm³/mol. The standard InChI is InChI=1S/C14H28N4O4S/c1-4-22-14(19)13(2)16-7-11-18(12-8-16)23(20,21)17-9-5-15(3)6-10-17/h13H,4-12H2,1-3H3. The zero-order valence-corrected chi connectivity index (χ0v) is 15.1. The lowest BCUT2D eigenvalue weighted by atomic mass is 10.2. The van der Waals surface area contributed by atoms with Crippen LogP contribution in [0.25, 0.3) is 0 Å². The molecule has 0 amide bonds. The lowest BCUT2D eigenvalue weighted by molar-refractivity contribution is -0.149. The van der Waals surface area contributed by atoms with Gasteiger partial charge in [0.25, 0.3) is 10.2 Å². The molecule has 2 heterocycles. The summed E-state index contributed by atoms with van der Waals surface area (Å²) in [4.78, 5) is 15.9. The van der Waals surface area contributed by atoms with Crippen molar-refractivity contribution >= 4 is 16.2 Å². The van der Waals surface area contributed by atoms with Crippen molar-refractivity contribution in [2.75, 3.05) is 66.0 Å². The topological polar surface area (TPSA) is 73.4 Å². The molecule has 0 N–H and O–H groups in total. The largest absolute Gasteiger partial charge is 0.465 e. The summed E-state index contributed by atoms with van der Waals surface area (Å²) >= 11 is 0. The Morgan fingerprint density at radius 1 is 1.00 bits per heavy atom. The third kappa shape index (κ3) is 4.42. The van der Waals surface area contributed by atoms with Gasteiger partial charge in [-0.25, -0.2) is 0 Å². The average molecular weight is 348 g/mol. The number of hydrogen-bond acceptors (Lipinski definition) is 6. The molecule has 0 saturated carbocycles. The van der Waals surface area contributed by atoms with Crippen LogP contribution in [-0.2, 0) is 19.7 Å². The Morgan fingerprint density at radius 3 is 1.96 bits per heavy atom. The third-order valence-electron chi connectivity index (χ3n) is 4.56. The zero-order valence-electron chi connectivity index (χ0n) is 14.3. The maximum atomic E-state index is 12.7. The number of likely N-dealkylation sites (N-methyl/N-ethyl adjacent to an activating group) is 1. The van der Waals surface area contributed by atoms with Gasteiger partial charge in [-0.15, -0.1) is 0 Å². The van der Waals surface area contributed by atoms with Gasteiger partial charge >= 0.3 is 5.97 Å². The molecular weight excluding hydrogens is 320 g/mol. The van der Waals surface area contributed by atoms with Gasteiger partial charge in [-0.3, -0.25) is 9.69 Å². The van der Waals surface area contributed by atoms with E-state index < -0.39 is 10.2 Å². The second kappa shape index (κ2) is 7.89. The first-order chi connectivity index (χ1) is 10.9. The minimum atomic E-state index is -3.39. The number of esters is 1. The van der Waals surface area contributed by atoms with E-state index in [0.29, 0.717) is 45.9 Å². The highest BCUT2D eigenvalue weighted by Gasteiger charge is 2.35. The molecule has 9 heteroatoms. The fourth-order valence-electron chi connectivity index (χ4n) is 2.92. The molecule has 2 fully saturated rings. The maximum Gasteiger partial charge on any atom is 0.323 e. The molecule has 0 spiro atoms. The molecule has 2 aliphatic rings. The monoisotopic (exact) mass is 348 g/mol. The first-order valence-electron chi connectivity index (χ1n) is 8.20. The first kappa shape index (κ1) is 18.6. The van der Waals surface area contributed by atoms with Gasteiger partial charge in [0.15, 0.2) is 0 Å². The Bertz CT molecular complexity index is 497. The van der Waals surface area contributed by atoms with Crippen molar-refractivity contribution < 1.29 is 17.9 Å². The van der Waals surface area contributed by atoms with E-state index in [1.165, 1.54) is 4.31 Å². The van der Waals surface area contributed by atoms with Gasteiger partial charge in [-0.05, 0) is 20.9 Å². The van der Waals surface area contributed by atoms with Crippen LogP contribution in [0.4, 0.5) is 0 Å². The summed E-state index contributed by atoms with van der Waals surface area (Å²) in [5, 5.41) is 0. The van der Waals surface area contributed by atoms with Crippen LogP contribution in [0.15, 0.2) is 0 Å². The van der Waals surface area contributed by atoms with Crippen LogP contribution < -0.4 is 0 Å². The first-order valence-corrected chi connectivity index (χ1v) is 9.60. The van der Waals surface area contributed by atoms with Crippen LogP contribution in [0, 0.1) is 0 Å². The minimum Gasteiger partial charge on any atom is -0.465 e. The molecule has 0 aromatic carbocycles. The van der Waals surface area contributed by atoms with Crippen molar-refractivity contribution in [2.24, 2.45) is 0 Å². The molecule has 1 unspecified atom stereocenters. The van der Waals surface area contributed by atoms with Crippen LogP contribution in [-0.4, -0.2) is 105 Å². The second-order valence-corrected chi connectivity index (χ2v) is 8.00. The number of carbonyl (C=O) groups excluding carboxylic acids is 1. The molecule has 23 heavy (non-hydrogen) atoms. The van der Waals surface area contributed by atoms with Crippen molar-refractivity contribution in [1.82, 2.24) is 18.4 Å². The zero-order chi connectivity index (χ0) is 17.0. The van der Waals surface area contributed by atoms with Gasteiger partial charge in [0, 0.05) is 52.4 Å². The lowest BCUT2D eigenvalue weighted by Crippen LogP contribution is -2.58. The van der Waals surface area contributed by atoms with Gasteiger partial charge in [0.05, 0.1) is 6.61 Å². The fourth-order valence-corrected chi connectivity index (χ4v) is 4.49. The summed E-state index contributed by atoms with van der Waals surface area (Å²) in [6.07, 6.45) is 0. The smallest absolute Gasteiger partial charge is 0.323 e. The number of carbonyl (C=O) groups is 1. The molecule has 2 aliphatic heterocycles. The van der Waals surface area contributed by atoms with Crippen LogP contribution >= 0.6 is 0 Å². The van der Waals surface area contributed by atoms with Crippen molar-refractivity contribution in [3.05, 3.63) is 0 Å². The Hall–Kier alpha value is -0.740. The molecule has 0 aromatic heterocycles. The number of nitrogens with zero attached hydrogens (tertiary/aromatic N) is 4. The average Bonchev–Trinajstić information content (AvgIpc) is 2.55. The van der Waals surface area contributed by atoms with Crippen molar-refractivity contribution in [2.45, 2.75) is 19.9 Å². The van der Waals surface area contributed by atoms with Crippen molar-refractivity contribution in [3.63, 3.8) is 0 Å². The number of hydrogen-bond donors (Lipinski definition) is 0. The van der Waals surface area contributed by atoms with Gasteiger partial charge in [-0.1, -0.05) is 0 Å². The molecular formula is C14H28N4O4S. The summed E-state index contributed by atoms with van der Waals surface area (Å²) in [5.41, 5.74) is 0. The van der Waals surface area contributed by atoms with E-state index in [9.17, 15) is 13.2 Å². The normalized spacial score (nSPS) is 24.5. The quantitative estimate of drug-likeness (QED) is 0.597. The summed E-state index contributed by atoms with van der Waals surface area (Å²) in [7, 11) is -1.39. The molecule has 2 saturated heterocycles. The molecule has 0 aromatic rings. The molecule has 0 aliphatic carbocycles. The highest BCUT2D eigenvalue weighted by Crippen LogP contribution is 2.16. The molecule has 2 rings (SSSR count). The molecule has 8 nitrogen and oxygen atoms in total. The van der Waals surface area contributed by atoms with E-state index in [1.807, 2.05) is 18.9 Å². The number of piperazine rings is 2. The Balaban J connectivity index is 1.89. The Kier molecular flexibility index (Phi) is 6.38. The summed E-state index contributed by atoms with van der Waals surface area (Å²) in [6.45, 7) is 8.49. The van der Waals surface area contributed by atoms with Crippen molar-refractivity contribution in [3.8, 4) is 0 Å². The number of ether oxygens (including phenoxy) is 1. The van der Waals surface area contributed by atoms with Gasteiger partial charge in [0.1, 0.15) is 6.04 Å². The second-order valence-electron chi connectivity index (χ2n) is 6.07. The highest BCUT2D eigenvalue weighted by atomic mass is 32.2. The maximum absolute atomic E-state index is 12.7. The summed E-state index contributed by atoms with van der Waals surface area (Å²) in [5.74, 6) is -0.247. The summed E-state index contributed by atoms with van der Waals surface area (Å²) < 4.78 is 33.5. The SMILES string of the molecule is CCOC(=O)C(C)N1CCN(S(=O)(=O)N2CCN(C)CC2)CC1. The van der Waals surface area contributed by atoms with Gasteiger partial charge in [0.2, 0.25) is 0 Å². The number of rotatable bonds is 5. The van der Waals surface area contributed by atoms with Crippen LogP contribution in [0.5, 0.6) is 0 Å². The Labute approximate surface area is 139 Å². The Morgan fingerprint density at radius 2 is 1.48 bits per heavy atom. The lowest BCUT2D eigenvalue weighted by Gasteiger charge is -2.40. The van der Waals surface area contributed by atoms with E-state index in [2.05, 4.69) is 4.90 Å². The minimum absolute atomic E-state index is 0.247. The van der Waals surface area contributed by atoms with E-state index in [1.54, 1.807) is 11.2 Å². The highest BCUT2D eigenvalue weighted by molar-refractivity contribution is 7.86. The van der Waals surface area contributed by atoms with Gasteiger partial charge < -0.3 is 9.64 Å². The van der Waals surface area contributed by atoms with E-state index >= 15 is 0 Å². The van der Waals surface area contributed by atoms with E-state index in [-0.39, 0.29) is 12.0 Å². The van der Waals surface area contributed by atoms with E-state index in [4.69, 9.17) is 4.74 Å². The predicted octanol–water partition coefficient (Wildman–Crippen LogP) is -0.952. The third-order valence-corrected chi connectivity index (χ3v) is 6.60. The van der Waals surface area contributed by atoms with E-state index in [0.717, 1.165) is 13.1 Å². The van der Waals surface area contributed by atoms with Crippen molar-refractivity contribution in [1.29, 1.82) is 0 Å². The molecule has 134 valence electrons. The van der Waals surface area contributed by atoms with Crippen LogP contribution in [0.1, 0.15) is 13.8 Å².